The summed E-state index contributed by atoms with van der Waals surface area (Å²) in [6, 6.07) is 6.72. The van der Waals surface area contributed by atoms with Crippen molar-refractivity contribution in [2.24, 2.45) is 5.73 Å². The first kappa shape index (κ1) is 15.5. The van der Waals surface area contributed by atoms with Crippen LogP contribution in [0.15, 0.2) is 29.2 Å². The summed E-state index contributed by atoms with van der Waals surface area (Å²) in [6.07, 6.45) is 1.43. The zero-order valence-electron chi connectivity index (χ0n) is 10.9. The van der Waals surface area contributed by atoms with Crippen LogP contribution in [0.25, 0.3) is 0 Å². The van der Waals surface area contributed by atoms with E-state index in [2.05, 4.69) is 10.0 Å². The number of hydrogen-bond acceptors (Lipinski definition) is 3. The highest BCUT2D eigenvalue weighted by atomic mass is 32.2. The van der Waals surface area contributed by atoms with Crippen molar-refractivity contribution in [2.75, 3.05) is 13.1 Å². The third-order valence-electron chi connectivity index (χ3n) is 2.54. The standard InChI is InChI=1S/C12H20N4O2S/c1-10-4-6-11(7-5-10)19(17,18)16-9-3-2-8-15-12(13)14/h4-7,16H,2-3,8-9H2,1H3,(H4,13,14,15). The molecule has 0 spiro atoms. The van der Waals surface area contributed by atoms with E-state index in [1.165, 1.54) is 0 Å². The average Bonchev–Trinajstić information content (AvgIpc) is 2.34. The molecule has 0 saturated heterocycles. The lowest BCUT2D eigenvalue weighted by Gasteiger charge is -2.07. The first-order valence-corrected chi connectivity index (χ1v) is 7.54. The second kappa shape index (κ2) is 7.10. The molecule has 0 bridgehead atoms. The van der Waals surface area contributed by atoms with E-state index in [9.17, 15) is 8.42 Å². The van der Waals surface area contributed by atoms with E-state index in [1.807, 2.05) is 6.92 Å². The lowest BCUT2D eigenvalue weighted by atomic mass is 10.2. The largest absolute Gasteiger partial charge is 0.370 e. The van der Waals surface area contributed by atoms with Crippen LogP contribution in [0.4, 0.5) is 0 Å². The molecule has 1 rings (SSSR count). The fraction of sp³-hybridized carbons (Fsp3) is 0.417. The number of rotatable bonds is 7. The smallest absolute Gasteiger partial charge is 0.240 e. The van der Waals surface area contributed by atoms with Crippen LogP contribution in [0.5, 0.6) is 0 Å². The Bertz CT molecular complexity index is 511. The Hall–Kier alpha value is -1.60. The summed E-state index contributed by atoms with van der Waals surface area (Å²) < 4.78 is 26.3. The predicted octanol–water partition coefficient (Wildman–Crippen LogP) is 0.537. The van der Waals surface area contributed by atoms with Crippen molar-refractivity contribution >= 4 is 16.0 Å². The molecule has 1 aromatic carbocycles. The van der Waals surface area contributed by atoms with Crippen molar-refractivity contribution in [2.45, 2.75) is 24.7 Å². The lowest BCUT2D eigenvalue weighted by Crippen LogP contribution is -2.31. The van der Waals surface area contributed by atoms with Crippen molar-refractivity contribution < 1.29 is 8.42 Å². The number of sulfonamides is 1. The zero-order valence-corrected chi connectivity index (χ0v) is 11.8. The van der Waals surface area contributed by atoms with Gasteiger partial charge in [0.2, 0.25) is 10.0 Å². The first-order valence-electron chi connectivity index (χ1n) is 6.06. The molecule has 0 unspecified atom stereocenters. The maximum absolute atomic E-state index is 11.9. The Morgan fingerprint density at radius 1 is 1.21 bits per heavy atom. The Kier molecular flexibility index (Phi) is 5.78. The second-order valence-corrected chi connectivity index (χ2v) is 6.03. The molecule has 1 aromatic rings. The summed E-state index contributed by atoms with van der Waals surface area (Å²) in [4.78, 5) is 0.278. The molecular formula is C12H20N4O2S. The van der Waals surface area contributed by atoms with Gasteiger partial charge in [-0.1, -0.05) is 17.7 Å². The van der Waals surface area contributed by atoms with Crippen LogP contribution in [-0.2, 0) is 10.0 Å². The molecule has 5 N–H and O–H groups in total. The summed E-state index contributed by atoms with van der Waals surface area (Å²) in [7, 11) is -3.42. The van der Waals surface area contributed by atoms with Crippen molar-refractivity contribution in [1.82, 2.24) is 10.0 Å². The molecule has 7 heteroatoms. The summed E-state index contributed by atoms with van der Waals surface area (Å²) in [5.41, 5.74) is 6.15. The SMILES string of the molecule is Cc1ccc(S(=O)(=O)NCCCCNC(=N)N)cc1. The average molecular weight is 284 g/mol. The van der Waals surface area contributed by atoms with Crippen LogP contribution >= 0.6 is 0 Å². The molecule has 0 aliphatic carbocycles. The lowest BCUT2D eigenvalue weighted by molar-refractivity contribution is 0.576. The number of nitrogens with two attached hydrogens (primary N) is 1. The number of nitrogens with one attached hydrogen (secondary N) is 3. The number of unbranched alkanes of at least 4 members (excludes halogenated alkanes) is 1. The number of aryl methyl sites for hydroxylation is 1. The van der Waals surface area contributed by atoms with Crippen LogP contribution < -0.4 is 15.8 Å². The van der Waals surface area contributed by atoms with E-state index in [1.54, 1.807) is 24.3 Å². The highest BCUT2D eigenvalue weighted by Gasteiger charge is 2.12. The van der Waals surface area contributed by atoms with Gasteiger partial charge < -0.3 is 11.1 Å². The van der Waals surface area contributed by atoms with E-state index in [-0.39, 0.29) is 10.9 Å². The predicted molar refractivity (Wildman–Crippen MR) is 75.5 cm³/mol. The Balaban J connectivity index is 2.35. The molecule has 0 aliphatic rings. The highest BCUT2D eigenvalue weighted by molar-refractivity contribution is 7.89. The third kappa shape index (κ3) is 5.71. The molecule has 0 radical (unpaired) electrons. The molecule has 0 amide bonds. The maximum atomic E-state index is 11.9. The van der Waals surface area contributed by atoms with Crippen molar-refractivity contribution in [3.63, 3.8) is 0 Å². The van der Waals surface area contributed by atoms with Crippen LogP contribution in [0.1, 0.15) is 18.4 Å². The van der Waals surface area contributed by atoms with Gasteiger partial charge in [-0.25, -0.2) is 13.1 Å². The second-order valence-electron chi connectivity index (χ2n) is 4.26. The van der Waals surface area contributed by atoms with E-state index >= 15 is 0 Å². The molecule has 19 heavy (non-hydrogen) atoms. The van der Waals surface area contributed by atoms with Crippen molar-refractivity contribution in [1.29, 1.82) is 5.41 Å². The molecule has 0 aliphatic heterocycles. The van der Waals surface area contributed by atoms with Crippen LogP contribution in [0.2, 0.25) is 0 Å². The minimum absolute atomic E-state index is 0.0692. The third-order valence-corrected chi connectivity index (χ3v) is 4.02. The monoisotopic (exact) mass is 284 g/mol. The van der Waals surface area contributed by atoms with E-state index in [0.717, 1.165) is 12.0 Å². The molecule has 0 heterocycles. The van der Waals surface area contributed by atoms with Gasteiger partial charge >= 0.3 is 0 Å². The Morgan fingerprint density at radius 3 is 2.37 bits per heavy atom. The number of hydrogen-bond donors (Lipinski definition) is 4. The quantitative estimate of drug-likeness (QED) is 0.333. The molecule has 0 aromatic heterocycles. The summed E-state index contributed by atoms with van der Waals surface area (Å²) in [5.74, 6) is -0.0692. The van der Waals surface area contributed by atoms with Gasteiger partial charge in [0.05, 0.1) is 4.90 Å². The zero-order chi connectivity index (χ0) is 14.3. The van der Waals surface area contributed by atoms with Gasteiger partial charge in [-0.2, -0.15) is 0 Å². The fourth-order valence-corrected chi connectivity index (χ4v) is 2.55. The van der Waals surface area contributed by atoms with Crippen LogP contribution in [-0.4, -0.2) is 27.5 Å². The normalized spacial score (nSPS) is 11.2. The minimum Gasteiger partial charge on any atom is -0.370 e. The molecule has 106 valence electrons. The van der Waals surface area contributed by atoms with Crippen molar-refractivity contribution in [3.05, 3.63) is 29.8 Å². The molecular weight excluding hydrogens is 264 g/mol. The maximum Gasteiger partial charge on any atom is 0.240 e. The number of benzene rings is 1. The van der Waals surface area contributed by atoms with Gasteiger partial charge in [0, 0.05) is 13.1 Å². The van der Waals surface area contributed by atoms with Gasteiger partial charge in [0.1, 0.15) is 0 Å². The summed E-state index contributed by atoms with van der Waals surface area (Å²) >= 11 is 0. The van der Waals surface area contributed by atoms with Gasteiger partial charge in [-0.3, -0.25) is 5.41 Å². The molecule has 0 fully saturated rings. The molecule has 0 saturated carbocycles. The topological polar surface area (TPSA) is 108 Å². The van der Waals surface area contributed by atoms with Gasteiger partial charge in [0.25, 0.3) is 0 Å². The van der Waals surface area contributed by atoms with Gasteiger partial charge in [-0.05, 0) is 31.9 Å². The van der Waals surface area contributed by atoms with E-state index in [0.29, 0.717) is 19.5 Å². The van der Waals surface area contributed by atoms with Crippen molar-refractivity contribution in [3.8, 4) is 0 Å². The first-order chi connectivity index (χ1) is 8.92. The van der Waals surface area contributed by atoms with Crippen LogP contribution in [0.3, 0.4) is 0 Å². The number of guanidine groups is 1. The molecule has 6 nitrogen and oxygen atoms in total. The van der Waals surface area contributed by atoms with Gasteiger partial charge in [0.15, 0.2) is 5.96 Å². The molecule has 0 atom stereocenters. The van der Waals surface area contributed by atoms with E-state index < -0.39 is 10.0 Å². The summed E-state index contributed by atoms with van der Waals surface area (Å²) in [6.45, 7) is 2.85. The highest BCUT2D eigenvalue weighted by Crippen LogP contribution is 2.09. The minimum atomic E-state index is -3.42. The fourth-order valence-electron chi connectivity index (χ4n) is 1.48. The summed E-state index contributed by atoms with van der Waals surface area (Å²) in [5, 5.41) is 9.62. The van der Waals surface area contributed by atoms with Gasteiger partial charge in [-0.15, -0.1) is 0 Å². The Labute approximate surface area is 114 Å². The van der Waals surface area contributed by atoms with Crippen LogP contribution in [0, 0.1) is 12.3 Å². The Morgan fingerprint density at radius 2 is 1.79 bits per heavy atom. The van der Waals surface area contributed by atoms with E-state index in [4.69, 9.17) is 11.1 Å².